The van der Waals surface area contributed by atoms with Gasteiger partial charge in [-0.05, 0) is 24.5 Å². The third-order valence-corrected chi connectivity index (χ3v) is 2.54. The van der Waals surface area contributed by atoms with Crippen molar-refractivity contribution in [2.24, 2.45) is 5.92 Å². The fourth-order valence-corrected chi connectivity index (χ4v) is 1.47. The summed E-state index contributed by atoms with van der Waals surface area (Å²) in [5.74, 6) is -0.322. The first kappa shape index (κ1) is 14.4. The second-order valence-electron chi connectivity index (χ2n) is 4.24. The number of hydrogen-bond acceptors (Lipinski definition) is 4. The number of nitro benzene ring substituents is 1. The molecule has 1 aromatic rings. The summed E-state index contributed by atoms with van der Waals surface area (Å²) in [6.07, 6.45) is 0.708. The summed E-state index contributed by atoms with van der Waals surface area (Å²) >= 11 is 5.72. The van der Waals surface area contributed by atoms with Crippen LogP contribution >= 0.6 is 11.6 Å². The molecule has 0 unspecified atom stereocenters. The first-order valence-corrected chi connectivity index (χ1v) is 5.90. The lowest BCUT2D eigenvalue weighted by Crippen LogP contribution is -2.10. The number of nitro groups is 1. The summed E-state index contributed by atoms with van der Waals surface area (Å²) in [7, 11) is 0. The highest BCUT2D eigenvalue weighted by atomic mass is 35.5. The van der Waals surface area contributed by atoms with Gasteiger partial charge in [-0.2, -0.15) is 0 Å². The van der Waals surface area contributed by atoms with Gasteiger partial charge in [0.05, 0.1) is 11.5 Å². The molecule has 18 heavy (non-hydrogen) atoms. The topological polar surface area (TPSA) is 69.4 Å². The highest BCUT2D eigenvalue weighted by Gasteiger charge is 2.21. The van der Waals surface area contributed by atoms with E-state index in [1.54, 1.807) is 0 Å². The fraction of sp³-hybridized carbons (Fsp3) is 0.417. The molecule has 0 spiro atoms. The van der Waals surface area contributed by atoms with Crippen LogP contribution in [-0.2, 0) is 4.74 Å². The van der Waals surface area contributed by atoms with Crippen molar-refractivity contribution < 1.29 is 14.5 Å². The molecule has 0 bridgehead atoms. The number of carbonyl (C=O) groups excluding carboxylic acids is 1. The van der Waals surface area contributed by atoms with E-state index in [1.165, 1.54) is 18.2 Å². The van der Waals surface area contributed by atoms with Gasteiger partial charge in [-0.25, -0.2) is 4.79 Å². The lowest BCUT2D eigenvalue weighted by Gasteiger charge is -2.07. The molecule has 0 aliphatic carbocycles. The highest BCUT2D eigenvalue weighted by Crippen LogP contribution is 2.23. The summed E-state index contributed by atoms with van der Waals surface area (Å²) in [5, 5.41) is 11.0. The number of rotatable bonds is 5. The van der Waals surface area contributed by atoms with Crippen molar-refractivity contribution in [2.45, 2.75) is 20.3 Å². The van der Waals surface area contributed by atoms with Crippen LogP contribution in [-0.4, -0.2) is 17.5 Å². The summed E-state index contributed by atoms with van der Waals surface area (Å²) in [5.41, 5.74) is -0.412. The van der Waals surface area contributed by atoms with Gasteiger partial charge in [0, 0.05) is 11.1 Å². The van der Waals surface area contributed by atoms with Crippen LogP contribution in [0, 0.1) is 16.0 Å². The Kier molecular flexibility index (Phi) is 5.09. The van der Waals surface area contributed by atoms with Gasteiger partial charge >= 0.3 is 5.97 Å². The normalized spacial score (nSPS) is 10.4. The number of ether oxygens (including phenoxy) is 1. The van der Waals surface area contributed by atoms with Crippen molar-refractivity contribution in [3.63, 3.8) is 0 Å². The molecule has 6 heteroatoms. The van der Waals surface area contributed by atoms with Crippen LogP contribution in [0.1, 0.15) is 30.6 Å². The van der Waals surface area contributed by atoms with E-state index in [1.807, 2.05) is 13.8 Å². The number of nitrogens with zero attached hydrogens (tertiary/aromatic N) is 1. The zero-order valence-electron chi connectivity index (χ0n) is 10.2. The molecule has 0 fully saturated rings. The molecule has 98 valence electrons. The maximum Gasteiger partial charge on any atom is 0.345 e. The quantitative estimate of drug-likeness (QED) is 0.467. The third-order valence-electron chi connectivity index (χ3n) is 2.30. The Morgan fingerprint density at radius 3 is 2.72 bits per heavy atom. The molecule has 0 aliphatic rings. The first-order chi connectivity index (χ1) is 8.41. The molecule has 5 nitrogen and oxygen atoms in total. The number of benzene rings is 1. The maximum atomic E-state index is 11.7. The van der Waals surface area contributed by atoms with Gasteiger partial charge in [0.25, 0.3) is 5.69 Å². The second-order valence-corrected chi connectivity index (χ2v) is 4.67. The molecule has 0 saturated carbocycles. The number of esters is 1. The lowest BCUT2D eigenvalue weighted by molar-refractivity contribution is -0.385. The fourth-order valence-electron chi connectivity index (χ4n) is 1.30. The van der Waals surface area contributed by atoms with E-state index >= 15 is 0 Å². The third kappa shape index (κ3) is 4.00. The van der Waals surface area contributed by atoms with Crippen LogP contribution in [0.4, 0.5) is 5.69 Å². The minimum absolute atomic E-state index is 0.115. The van der Waals surface area contributed by atoms with E-state index in [4.69, 9.17) is 16.3 Å². The molecule has 0 atom stereocenters. The molecule has 0 aromatic heterocycles. The molecule has 0 radical (unpaired) electrons. The van der Waals surface area contributed by atoms with E-state index in [9.17, 15) is 14.9 Å². The first-order valence-electron chi connectivity index (χ1n) is 5.53. The summed E-state index contributed by atoms with van der Waals surface area (Å²) < 4.78 is 4.98. The van der Waals surface area contributed by atoms with E-state index < -0.39 is 10.9 Å². The Balaban J connectivity index is 2.84. The lowest BCUT2D eigenvalue weighted by atomic mass is 10.1. The minimum atomic E-state index is -0.718. The van der Waals surface area contributed by atoms with Gasteiger partial charge in [-0.3, -0.25) is 10.1 Å². The van der Waals surface area contributed by atoms with Crippen LogP contribution in [0.2, 0.25) is 5.02 Å². The van der Waals surface area contributed by atoms with Gasteiger partial charge in [0.15, 0.2) is 0 Å². The standard InChI is InChI=1S/C12H14ClNO4/c1-8(2)5-6-18-12(15)10-7-9(13)3-4-11(10)14(16)17/h3-4,7-8H,5-6H2,1-2H3. The number of carbonyl (C=O) groups is 1. The van der Waals surface area contributed by atoms with Crippen molar-refractivity contribution in [1.82, 2.24) is 0 Å². The smallest absolute Gasteiger partial charge is 0.345 e. The van der Waals surface area contributed by atoms with E-state index in [-0.39, 0.29) is 22.9 Å². The van der Waals surface area contributed by atoms with Crippen molar-refractivity contribution in [2.75, 3.05) is 6.61 Å². The van der Waals surface area contributed by atoms with Gasteiger partial charge < -0.3 is 4.74 Å². The predicted octanol–water partition coefficient (Wildman–Crippen LogP) is 3.45. The molecule has 0 saturated heterocycles. The monoisotopic (exact) mass is 271 g/mol. The minimum Gasteiger partial charge on any atom is -0.462 e. The maximum absolute atomic E-state index is 11.7. The Bertz CT molecular complexity index is 459. The molecule has 0 heterocycles. The predicted molar refractivity (Wildman–Crippen MR) is 67.8 cm³/mol. The SMILES string of the molecule is CC(C)CCOC(=O)c1cc(Cl)ccc1[N+](=O)[O-]. The van der Waals surface area contributed by atoms with Crippen LogP contribution in [0.25, 0.3) is 0 Å². The van der Waals surface area contributed by atoms with Gasteiger partial charge in [-0.1, -0.05) is 25.4 Å². The highest BCUT2D eigenvalue weighted by molar-refractivity contribution is 6.31. The molecule has 1 aromatic carbocycles. The Morgan fingerprint density at radius 2 is 2.17 bits per heavy atom. The average molecular weight is 272 g/mol. The Hall–Kier alpha value is -1.62. The number of halogens is 1. The molecular formula is C12H14ClNO4. The summed E-state index contributed by atoms with van der Waals surface area (Å²) in [6.45, 7) is 4.23. The summed E-state index contributed by atoms with van der Waals surface area (Å²) in [6, 6.07) is 3.81. The van der Waals surface area contributed by atoms with Gasteiger partial charge in [0.2, 0.25) is 0 Å². The zero-order chi connectivity index (χ0) is 13.7. The molecule has 1 rings (SSSR count). The van der Waals surface area contributed by atoms with E-state index in [0.29, 0.717) is 12.3 Å². The zero-order valence-corrected chi connectivity index (χ0v) is 10.9. The second kappa shape index (κ2) is 6.35. The van der Waals surface area contributed by atoms with Crippen LogP contribution in [0.15, 0.2) is 18.2 Å². The van der Waals surface area contributed by atoms with Crippen molar-refractivity contribution in [1.29, 1.82) is 0 Å². The van der Waals surface area contributed by atoms with Gasteiger partial charge in [-0.15, -0.1) is 0 Å². The van der Waals surface area contributed by atoms with E-state index in [2.05, 4.69) is 0 Å². The number of hydrogen-bond donors (Lipinski definition) is 0. The van der Waals surface area contributed by atoms with E-state index in [0.717, 1.165) is 0 Å². The molecule has 0 aliphatic heterocycles. The molecule has 0 N–H and O–H groups in total. The van der Waals surface area contributed by atoms with Crippen LogP contribution in [0.3, 0.4) is 0 Å². The van der Waals surface area contributed by atoms with Crippen LogP contribution < -0.4 is 0 Å². The Morgan fingerprint density at radius 1 is 1.50 bits per heavy atom. The molecule has 0 amide bonds. The Labute approximate surface area is 110 Å². The molecular weight excluding hydrogens is 258 g/mol. The van der Waals surface area contributed by atoms with Crippen molar-refractivity contribution >= 4 is 23.3 Å². The van der Waals surface area contributed by atoms with Crippen LogP contribution in [0.5, 0.6) is 0 Å². The average Bonchev–Trinajstić information content (AvgIpc) is 2.27. The van der Waals surface area contributed by atoms with Crippen molar-refractivity contribution in [3.8, 4) is 0 Å². The van der Waals surface area contributed by atoms with Crippen molar-refractivity contribution in [3.05, 3.63) is 38.9 Å². The summed E-state index contributed by atoms with van der Waals surface area (Å²) in [4.78, 5) is 21.9. The van der Waals surface area contributed by atoms with Gasteiger partial charge in [0.1, 0.15) is 5.56 Å². The largest absolute Gasteiger partial charge is 0.462 e.